The van der Waals surface area contributed by atoms with Gasteiger partial charge in [0.2, 0.25) is 0 Å². The molecule has 2 aliphatic carbocycles. The van der Waals surface area contributed by atoms with E-state index in [0.29, 0.717) is 30.6 Å². The van der Waals surface area contributed by atoms with Crippen LogP contribution in [0.15, 0.2) is 24.3 Å². The molecule has 0 aromatic heterocycles. The summed E-state index contributed by atoms with van der Waals surface area (Å²) in [6.45, 7) is 6.14. The van der Waals surface area contributed by atoms with E-state index >= 15 is 0 Å². The van der Waals surface area contributed by atoms with Gasteiger partial charge in [0, 0.05) is 0 Å². The van der Waals surface area contributed by atoms with Crippen LogP contribution in [0.5, 0.6) is 0 Å². The zero-order chi connectivity index (χ0) is 21.0. The number of carbonyl (C=O) groups is 2. The summed E-state index contributed by atoms with van der Waals surface area (Å²) in [5.74, 6) is 0.117. The Morgan fingerprint density at radius 1 is 1.14 bits per heavy atom. The first-order valence-corrected chi connectivity index (χ1v) is 10.9. The molecule has 0 N–H and O–H groups in total. The van der Waals surface area contributed by atoms with E-state index in [1.165, 1.54) is 12.1 Å². The first-order chi connectivity index (χ1) is 13.8. The summed E-state index contributed by atoms with van der Waals surface area (Å²) < 4.78 is 24.5. The maximum absolute atomic E-state index is 13.3. The molecule has 0 spiro atoms. The molecule has 4 nitrogen and oxygen atoms in total. The van der Waals surface area contributed by atoms with Gasteiger partial charge in [-0.2, -0.15) is 0 Å². The minimum Gasteiger partial charge on any atom is -0.460 e. The minimum absolute atomic E-state index is 0.109. The first kappa shape index (κ1) is 21.8. The lowest BCUT2D eigenvalue weighted by atomic mass is 9.75. The third-order valence-corrected chi connectivity index (χ3v) is 6.81. The van der Waals surface area contributed by atoms with Crippen molar-refractivity contribution in [1.29, 1.82) is 0 Å². The SMILES string of the molecule is CC(C)[C@H]1CC[C@H](C)C[C@H]1OC(=O)COC(=O)C1(c2ccc(F)cc2)CCCC1. The zero-order valence-corrected chi connectivity index (χ0v) is 17.8. The number of hydrogen-bond donors (Lipinski definition) is 0. The van der Waals surface area contributed by atoms with Gasteiger partial charge in [-0.05, 0) is 61.1 Å². The van der Waals surface area contributed by atoms with Gasteiger partial charge in [-0.1, -0.05) is 52.2 Å². The Labute approximate surface area is 173 Å². The smallest absolute Gasteiger partial charge is 0.344 e. The van der Waals surface area contributed by atoms with E-state index in [9.17, 15) is 14.0 Å². The van der Waals surface area contributed by atoms with Gasteiger partial charge in [0.1, 0.15) is 11.9 Å². The lowest BCUT2D eigenvalue weighted by Gasteiger charge is -2.36. The summed E-state index contributed by atoms with van der Waals surface area (Å²) in [5.41, 5.74) is -0.0240. The zero-order valence-electron chi connectivity index (χ0n) is 17.8. The van der Waals surface area contributed by atoms with Crippen LogP contribution in [0.1, 0.15) is 71.3 Å². The Balaban J connectivity index is 1.61. The predicted octanol–water partition coefficient (Wildman–Crippen LogP) is 5.18. The highest BCUT2D eigenvalue weighted by molar-refractivity contribution is 5.85. The molecule has 0 saturated heterocycles. The fraction of sp³-hybridized carbons (Fsp3) is 0.667. The first-order valence-electron chi connectivity index (χ1n) is 10.9. The lowest BCUT2D eigenvalue weighted by molar-refractivity contribution is -0.169. The molecule has 2 aliphatic rings. The number of ether oxygens (including phenoxy) is 2. The molecular weight excluding hydrogens is 371 g/mol. The van der Waals surface area contributed by atoms with E-state index in [1.807, 2.05) is 0 Å². The molecule has 3 rings (SSSR count). The average molecular weight is 405 g/mol. The Hall–Kier alpha value is -1.91. The van der Waals surface area contributed by atoms with Crippen LogP contribution in [0.4, 0.5) is 4.39 Å². The quantitative estimate of drug-likeness (QED) is 0.613. The third kappa shape index (κ3) is 4.99. The van der Waals surface area contributed by atoms with Crippen LogP contribution in [0.25, 0.3) is 0 Å². The second kappa shape index (κ2) is 9.27. The second-order valence-corrected chi connectivity index (χ2v) is 9.23. The van der Waals surface area contributed by atoms with Crippen molar-refractivity contribution in [3.63, 3.8) is 0 Å². The Bertz CT molecular complexity index is 706. The van der Waals surface area contributed by atoms with E-state index in [2.05, 4.69) is 20.8 Å². The molecule has 0 radical (unpaired) electrons. The van der Waals surface area contributed by atoms with Gasteiger partial charge < -0.3 is 9.47 Å². The Morgan fingerprint density at radius 3 is 2.41 bits per heavy atom. The molecule has 0 bridgehead atoms. The van der Waals surface area contributed by atoms with Crippen LogP contribution in [0.3, 0.4) is 0 Å². The van der Waals surface area contributed by atoms with Gasteiger partial charge in [-0.15, -0.1) is 0 Å². The van der Waals surface area contributed by atoms with E-state index in [1.54, 1.807) is 12.1 Å². The summed E-state index contributed by atoms with van der Waals surface area (Å²) in [5, 5.41) is 0. The van der Waals surface area contributed by atoms with Crippen molar-refractivity contribution in [3.8, 4) is 0 Å². The van der Waals surface area contributed by atoms with Crippen molar-refractivity contribution < 1.29 is 23.5 Å². The average Bonchev–Trinajstić information content (AvgIpc) is 3.17. The number of esters is 2. The normalized spacial score (nSPS) is 26.3. The van der Waals surface area contributed by atoms with Gasteiger partial charge in [0.05, 0.1) is 5.41 Å². The van der Waals surface area contributed by atoms with Crippen molar-refractivity contribution in [2.45, 2.75) is 77.2 Å². The topological polar surface area (TPSA) is 52.6 Å². The minimum atomic E-state index is -0.784. The number of carbonyl (C=O) groups excluding carboxylic acids is 2. The van der Waals surface area contributed by atoms with Crippen LogP contribution in [-0.4, -0.2) is 24.6 Å². The summed E-state index contributed by atoms with van der Waals surface area (Å²) in [7, 11) is 0. The van der Waals surface area contributed by atoms with Crippen molar-refractivity contribution in [2.75, 3.05) is 6.61 Å². The van der Waals surface area contributed by atoms with Crippen LogP contribution in [0.2, 0.25) is 0 Å². The van der Waals surface area contributed by atoms with E-state index in [4.69, 9.17) is 9.47 Å². The molecular formula is C24H33FO4. The van der Waals surface area contributed by atoms with Crippen molar-refractivity contribution in [2.24, 2.45) is 17.8 Å². The maximum atomic E-state index is 13.3. The van der Waals surface area contributed by atoms with Crippen LogP contribution < -0.4 is 0 Å². The highest BCUT2D eigenvalue weighted by Crippen LogP contribution is 2.42. The fourth-order valence-electron chi connectivity index (χ4n) is 5.07. The standard InChI is InChI=1S/C24H33FO4/c1-16(2)20-11-6-17(3)14-21(20)29-22(26)15-28-23(27)24(12-4-5-13-24)18-7-9-19(25)10-8-18/h7-10,16-17,20-21H,4-6,11-15H2,1-3H3/t17-,20+,21+/m0/s1. The highest BCUT2D eigenvalue weighted by atomic mass is 19.1. The number of halogens is 1. The van der Waals surface area contributed by atoms with Crippen LogP contribution in [0, 0.1) is 23.6 Å². The second-order valence-electron chi connectivity index (χ2n) is 9.23. The monoisotopic (exact) mass is 404 g/mol. The number of benzene rings is 1. The van der Waals surface area contributed by atoms with Crippen LogP contribution >= 0.6 is 0 Å². The highest BCUT2D eigenvalue weighted by Gasteiger charge is 2.44. The molecule has 5 heteroatoms. The van der Waals surface area contributed by atoms with Gasteiger partial charge in [-0.3, -0.25) is 4.79 Å². The lowest BCUT2D eigenvalue weighted by Crippen LogP contribution is -2.38. The largest absolute Gasteiger partial charge is 0.460 e. The van der Waals surface area contributed by atoms with Gasteiger partial charge >= 0.3 is 11.9 Å². The molecule has 2 fully saturated rings. The molecule has 0 unspecified atom stereocenters. The van der Waals surface area contributed by atoms with Gasteiger partial charge in [-0.25, -0.2) is 9.18 Å². The Morgan fingerprint density at radius 2 is 1.79 bits per heavy atom. The summed E-state index contributed by atoms with van der Waals surface area (Å²) in [6.07, 6.45) is 6.10. The predicted molar refractivity (Wildman–Crippen MR) is 109 cm³/mol. The maximum Gasteiger partial charge on any atom is 0.344 e. The summed E-state index contributed by atoms with van der Waals surface area (Å²) in [4.78, 5) is 25.4. The van der Waals surface area contributed by atoms with Crippen molar-refractivity contribution in [3.05, 3.63) is 35.6 Å². The number of hydrogen-bond acceptors (Lipinski definition) is 4. The summed E-state index contributed by atoms with van der Waals surface area (Å²) >= 11 is 0. The molecule has 29 heavy (non-hydrogen) atoms. The fourth-order valence-corrected chi connectivity index (χ4v) is 5.07. The van der Waals surface area contributed by atoms with Crippen molar-refractivity contribution in [1.82, 2.24) is 0 Å². The summed E-state index contributed by atoms with van der Waals surface area (Å²) in [6, 6.07) is 6.04. The molecule has 2 saturated carbocycles. The van der Waals surface area contributed by atoms with E-state index in [-0.39, 0.29) is 18.5 Å². The molecule has 0 aliphatic heterocycles. The van der Waals surface area contributed by atoms with Crippen molar-refractivity contribution >= 4 is 11.9 Å². The molecule has 1 aromatic carbocycles. The molecule has 1 aromatic rings. The van der Waals surface area contributed by atoms with Gasteiger partial charge in [0.15, 0.2) is 6.61 Å². The van der Waals surface area contributed by atoms with Gasteiger partial charge in [0.25, 0.3) is 0 Å². The van der Waals surface area contributed by atoms with Crippen LogP contribution in [-0.2, 0) is 24.5 Å². The molecule has 160 valence electrons. The molecule has 3 atom stereocenters. The molecule has 0 heterocycles. The van der Waals surface area contributed by atoms with E-state index < -0.39 is 17.4 Å². The number of rotatable bonds is 6. The Kier molecular flexibility index (Phi) is 6.97. The van der Waals surface area contributed by atoms with E-state index in [0.717, 1.165) is 37.7 Å². The molecule has 0 amide bonds. The third-order valence-electron chi connectivity index (χ3n) is 6.81.